The van der Waals surface area contributed by atoms with Crippen LogP contribution in [0.2, 0.25) is 5.02 Å². The molecule has 0 aliphatic heterocycles. The van der Waals surface area contributed by atoms with E-state index in [9.17, 15) is 9.50 Å². The molecule has 1 unspecified atom stereocenters. The summed E-state index contributed by atoms with van der Waals surface area (Å²) >= 11 is 5.65. The van der Waals surface area contributed by atoms with Crippen LogP contribution in [0.3, 0.4) is 0 Å². The van der Waals surface area contributed by atoms with E-state index in [1.54, 1.807) is 19.1 Å². The fraction of sp³-hybridized carbons (Fsp3) is 0.182. The zero-order chi connectivity index (χ0) is 11.7. The SMILES string of the molecule is CC(O)c1cc(-c2cccc(Cl)c2F)no1. The predicted molar refractivity (Wildman–Crippen MR) is 57.5 cm³/mol. The molecule has 5 heteroatoms. The van der Waals surface area contributed by atoms with Crippen LogP contribution in [-0.2, 0) is 0 Å². The Bertz CT molecular complexity index is 510. The van der Waals surface area contributed by atoms with Gasteiger partial charge in [-0.2, -0.15) is 0 Å². The number of nitrogens with zero attached hydrogens (tertiary/aromatic N) is 1. The molecule has 0 saturated carbocycles. The van der Waals surface area contributed by atoms with Gasteiger partial charge < -0.3 is 9.63 Å². The van der Waals surface area contributed by atoms with Gasteiger partial charge in [0.25, 0.3) is 0 Å². The largest absolute Gasteiger partial charge is 0.385 e. The van der Waals surface area contributed by atoms with Crippen LogP contribution in [0, 0.1) is 5.82 Å². The maximum Gasteiger partial charge on any atom is 0.165 e. The Labute approximate surface area is 96.4 Å². The summed E-state index contributed by atoms with van der Waals surface area (Å²) in [6, 6.07) is 6.11. The Hall–Kier alpha value is -1.39. The number of aromatic nitrogens is 1. The number of halogens is 2. The molecule has 3 nitrogen and oxygen atoms in total. The summed E-state index contributed by atoms with van der Waals surface area (Å²) in [4.78, 5) is 0. The first-order valence-corrected chi connectivity index (χ1v) is 5.06. The van der Waals surface area contributed by atoms with Crippen molar-refractivity contribution in [1.29, 1.82) is 0 Å². The van der Waals surface area contributed by atoms with Crippen LogP contribution in [0.15, 0.2) is 28.8 Å². The predicted octanol–water partition coefficient (Wildman–Crippen LogP) is 3.19. The Kier molecular flexibility index (Phi) is 2.94. The third-order valence-corrected chi connectivity index (χ3v) is 2.46. The van der Waals surface area contributed by atoms with Gasteiger partial charge in [0, 0.05) is 11.6 Å². The lowest BCUT2D eigenvalue weighted by Gasteiger charge is -1.99. The second kappa shape index (κ2) is 4.23. The molecular formula is C11H9ClFNO2. The number of hydrogen-bond donors (Lipinski definition) is 1. The van der Waals surface area contributed by atoms with Crippen LogP contribution in [0.1, 0.15) is 18.8 Å². The summed E-state index contributed by atoms with van der Waals surface area (Å²) in [5.41, 5.74) is 0.569. The lowest BCUT2D eigenvalue weighted by molar-refractivity contribution is 0.158. The molecule has 0 spiro atoms. The molecule has 84 valence electrons. The Morgan fingerprint density at radius 1 is 1.50 bits per heavy atom. The summed E-state index contributed by atoms with van der Waals surface area (Å²) in [6.07, 6.45) is -0.775. The van der Waals surface area contributed by atoms with Crippen LogP contribution in [0.5, 0.6) is 0 Å². The molecule has 1 atom stereocenters. The first-order valence-electron chi connectivity index (χ1n) is 4.68. The molecule has 0 radical (unpaired) electrons. The zero-order valence-electron chi connectivity index (χ0n) is 8.45. The van der Waals surface area contributed by atoms with E-state index >= 15 is 0 Å². The molecule has 0 aliphatic rings. The monoisotopic (exact) mass is 241 g/mol. The summed E-state index contributed by atoms with van der Waals surface area (Å²) in [5, 5.41) is 13.0. The Morgan fingerprint density at radius 2 is 2.25 bits per heavy atom. The van der Waals surface area contributed by atoms with Crippen LogP contribution in [0.25, 0.3) is 11.3 Å². The molecule has 1 aromatic heterocycles. The van der Waals surface area contributed by atoms with Crippen molar-refractivity contribution >= 4 is 11.6 Å². The van der Waals surface area contributed by atoms with Crippen molar-refractivity contribution in [2.45, 2.75) is 13.0 Å². The van der Waals surface area contributed by atoms with E-state index in [0.29, 0.717) is 5.69 Å². The molecule has 16 heavy (non-hydrogen) atoms. The van der Waals surface area contributed by atoms with Gasteiger partial charge in [-0.15, -0.1) is 0 Å². The highest BCUT2D eigenvalue weighted by Gasteiger charge is 2.14. The topological polar surface area (TPSA) is 46.3 Å². The normalized spacial score (nSPS) is 12.8. The van der Waals surface area contributed by atoms with Crippen molar-refractivity contribution in [3.05, 3.63) is 40.9 Å². The minimum atomic E-state index is -0.775. The average Bonchev–Trinajstić information content (AvgIpc) is 2.71. The number of benzene rings is 1. The molecule has 2 rings (SSSR count). The van der Waals surface area contributed by atoms with Crippen LogP contribution in [0.4, 0.5) is 4.39 Å². The van der Waals surface area contributed by atoms with E-state index in [1.807, 2.05) is 0 Å². The lowest BCUT2D eigenvalue weighted by Crippen LogP contribution is -1.86. The molecule has 0 saturated heterocycles. The minimum Gasteiger partial charge on any atom is -0.385 e. The third kappa shape index (κ3) is 1.94. The molecule has 0 amide bonds. The lowest BCUT2D eigenvalue weighted by atomic mass is 10.1. The smallest absolute Gasteiger partial charge is 0.165 e. The zero-order valence-corrected chi connectivity index (χ0v) is 9.20. The number of hydrogen-bond acceptors (Lipinski definition) is 3. The van der Waals surface area contributed by atoms with Gasteiger partial charge in [0.2, 0.25) is 0 Å². The fourth-order valence-electron chi connectivity index (χ4n) is 1.31. The van der Waals surface area contributed by atoms with Crippen molar-refractivity contribution in [2.75, 3.05) is 0 Å². The summed E-state index contributed by atoms with van der Waals surface area (Å²) < 4.78 is 18.5. The van der Waals surface area contributed by atoms with E-state index in [1.165, 1.54) is 12.1 Å². The van der Waals surface area contributed by atoms with Gasteiger partial charge >= 0.3 is 0 Å². The van der Waals surface area contributed by atoms with Crippen molar-refractivity contribution < 1.29 is 14.0 Å². The Balaban J connectivity index is 2.47. The Morgan fingerprint density at radius 3 is 2.88 bits per heavy atom. The summed E-state index contributed by atoms with van der Waals surface area (Å²) in [5.74, 6) is -0.260. The standard InChI is InChI=1S/C11H9ClFNO2/c1-6(15)10-5-9(14-16-10)7-3-2-4-8(12)11(7)13/h2-6,15H,1H3. The third-order valence-electron chi connectivity index (χ3n) is 2.17. The van der Waals surface area contributed by atoms with E-state index in [2.05, 4.69) is 5.16 Å². The fourth-order valence-corrected chi connectivity index (χ4v) is 1.49. The quantitative estimate of drug-likeness (QED) is 0.878. The van der Waals surface area contributed by atoms with Gasteiger partial charge in [0.1, 0.15) is 11.8 Å². The number of rotatable bonds is 2. The van der Waals surface area contributed by atoms with Crippen molar-refractivity contribution in [2.24, 2.45) is 0 Å². The van der Waals surface area contributed by atoms with Gasteiger partial charge in [0.05, 0.1) is 5.02 Å². The second-order valence-electron chi connectivity index (χ2n) is 3.39. The van der Waals surface area contributed by atoms with Gasteiger partial charge in [0.15, 0.2) is 11.6 Å². The van der Waals surface area contributed by atoms with Crippen LogP contribution in [-0.4, -0.2) is 10.3 Å². The molecule has 0 bridgehead atoms. The summed E-state index contributed by atoms with van der Waals surface area (Å²) in [7, 11) is 0. The molecule has 1 N–H and O–H groups in total. The second-order valence-corrected chi connectivity index (χ2v) is 3.80. The van der Waals surface area contributed by atoms with Crippen molar-refractivity contribution in [3.63, 3.8) is 0 Å². The molecular weight excluding hydrogens is 233 g/mol. The molecule has 0 aliphatic carbocycles. The average molecular weight is 242 g/mol. The van der Waals surface area contributed by atoms with E-state index < -0.39 is 11.9 Å². The van der Waals surface area contributed by atoms with Gasteiger partial charge in [-0.3, -0.25) is 0 Å². The van der Waals surface area contributed by atoms with Crippen molar-refractivity contribution in [3.8, 4) is 11.3 Å². The summed E-state index contributed by atoms with van der Waals surface area (Å²) in [6.45, 7) is 1.54. The molecule has 1 aromatic carbocycles. The van der Waals surface area contributed by atoms with Gasteiger partial charge in [-0.1, -0.05) is 22.8 Å². The molecule has 2 aromatic rings. The maximum absolute atomic E-state index is 13.6. The van der Waals surface area contributed by atoms with Crippen molar-refractivity contribution in [1.82, 2.24) is 5.16 Å². The van der Waals surface area contributed by atoms with Crippen LogP contribution < -0.4 is 0 Å². The molecule has 0 fully saturated rings. The first kappa shape index (κ1) is 11.1. The van der Waals surface area contributed by atoms with Gasteiger partial charge in [-0.25, -0.2) is 4.39 Å². The van der Waals surface area contributed by atoms with Gasteiger partial charge in [-0.05, 0) is 19.1 Å². The van der Waals surface area contributed by atoms with E-state index in [4.69, 9.17) is 16.1 Å². The van der Waals surface area contributed by atoms with E-state index in [0.717, 1.165) is 0 Å². The highest BCUT2D eigenvalue weighted by molar-refractivity contribution is 6.31. The molecule has 1 heterocycles. The highest BCUT2D eigenvalue weighted by atomic mass is 35.5. The first-order chi connectivity index (χ1) is 7.59. The van der Waals surface area contributed by atoms with E-state index in [-0.39, 0.29) is 16.3 Å². The highest BCUT2D eigenvalue weighted by Crippen LogP contribution is 2.28. The number of aliphatic hydroxyl groups is 1. The minimum absolute atomic E-state index is 0.0269. The van der Waals surface area contributed by atoms with Crippen LogP contribution >= 0.6 is 11.6 Å². The maximum atomic E-state index is 13.6. The number of aliphatic hydroxyl groups excluding tert-OH is 1.